The Labute approximate surface area is 121 Å². The SMILES string of the molecule is CCCNC(CN(C)C1CCOC1C)(C(=O)O)C1CC1. The van der Waals surface area contributed by atoms with Crippen molar-refractivity contribution in [2.24, 2.45) is 5.92 Å². The fourth-order valence-electron chi connectivity index (χ4n) is 3.38. The second-order valence-corrected chi connectivity index (χ2v) is 6.32. The second kappa shape index (κ2) is 6.41. The first-order valence-corrected chi connectivity index (χ1v) is 7.81. The summed E-state index contributed by atoms with van der Waals surface area (Å²) in [5.41, 5.74) is -0.785. The number of likely N-dealkylation sites (N-methyl/N-ethyl adjacent to an activating group) is 1. The third-order valence-corrected chi connectivity index (χ3v) is 4.75. The highest BCUT2D eigenvalue weighted by Crippen LogP contribution is 2.41. The molecular weight excluding hydrogens is 256 g/mol. The third kappa shape index (κ3) is 3.15. The Hall–Kier alpha value is -0.650. The van der Waals surface area contributed by atoms with Gasteiger partial charge in [-0.25, -0.2) is 0 Å². The molecule has 3 atom stereocenters. The highest BCUT2D eigenvalue weighted by molar-refractivity contribution is 5.80. The molecule has 0 bridgehead atoms. The molecule has 0 aromatic carbocycles. The smallest absolute Gasteiger partial charge is 0.325 e. The number of rotatable bonds is 8. The van der Waals surface area contributed by atoms with Crippen molar-refractivity contribution in [2.45, 2.75) is 57.2 Å². The Morgan fingerprint density at radius 3 is 2.60 bits per heavy atom. The molecule has 116 valence electrons. The van der Waals surface area contributed by atoms with Gasteiger partial charge < -0.3 is 15.2 Å². The summed E-state index contributed by atoms with van der Waals surface area (Å²) in [5, 5.41) is 13.1. The van der Waals surface area contributed by atoms with E-state index >= 15 is 0 Å². The molecule has 2 fully saturated rings. The van der Waals surface area contributed by atoms with Crippen LogP contribution in [0.4, 0.5) is 0 Å². The highest BCUT2D eigenvalue weighted by atomic mass is 16.5. The first-order chi connectivity index (χ1) is 9.51. The lowest BCUT2D eigenvalue weighted by atomic mass is 9.91. The standard InChI is InChI=1S/C15H28N2O3/c1-4-8-16-15(14(18)19,12-5-6-12)10-17(3)13-7-9-20-11(13)2/h11-13,16H,4-10H2,1-3H3,(H,18,19). The zero-order valence-electron chi connectivity index (χ0n) is 12.9. The number of hydrogen-bond acceptors (Lipinski definition) is 4. The molecule has 1 aliphatic carbocycles. The number of nitrogens with one attached hydrogen (secondary N) is 1. The second-order valence-electron chi connectivity index (χ2n) is 6.32. The summed E-state index contributed by atoms with van der Waals surface area (Å²) in [6, 6.07) is 0.330. The van der Waals surface area contributed by atoms with Crippen LogP contribution in [0.15, 0.2) is 0 Å². The Morgan fingerprint density at radius 1 is 1.45 bits per heavy atom. The van der Waals surface area contributed by atoms with Gasteiger partial charge in [-0.15, -0.1) is 0 Å². The fraction of sp³-hybridized carbons (Fsp3) is 0.933. The summed E-state index contributed by atoms with van der Waals surface area (Å²) in [6.07, 6.45) is 4.18. The van der Waals surface area contributed by atoms with Crippen LogP contribution in [0.2, 0.25) is 0 Å². The van der Waals surface area contributed by atoms with Gasteiger partial charge in [0.15, 0.2) is 0 Å². The largest absolute Gasteiger partial charge is 0.480 e. The maximum absolute atomic E-state index is 11.9. The van der Waals surface area contributed by atoms with E-state index < -0.39 is 11.5 Å². The number of carboxylic acid groups (broad SMARTS) is 1. The normalized spacial score (nSPS) is 29.6. The molecule has 0 aromatic rings. The van der Waals surface area contributed by atoms with E-state index in [0.717, 1.165) is 38.8 Å². The average Bonchev–Trinajstić information content (AvgIpc) is 3.16. The van der Waals surface area contributed by atoms with Crippen LogP contribution >= 0.6 is 0 Å². The van der Waals surface area contributed by atoms with Gasteiger partial charge in [0.25, 0.3) is 0 Å². The minimum absolute atomic E-state index is 0.192. The minimum atomic E-state index is -0.785. The van der Waals surface area contributed by atoms with E-state index in [-0.39, 0.29) is 12.0 Å². The molecule has 0 radical (unpaired) electrons. The van der Waals surface area contributed by atoms with Crippen LogP contribution in [-0.4, -0.2) is 60.4 Å². The lowest BCUT2D eigenvalue weighted by Crippen LogP contribution is -2.62. The van der Waals surface area contributed by atoms with Gasteiger partial charge in [0, 0.05) is 19.2 Å². The van der Waals surface area contributed by atoms with E-state index in [1.54, 1.807) is 0 Å². The van der Waals surface area contributed by atoms with Gasteiger partial charge in [-0.3, -0.25) is 9.69 Å². The maximum Gasteiger partial charge on any atom is 0.325 e. The number of carboxylic acids is 1. The number of ether oxygens (including phenoxy) is 1. The summed E-state index contributed by atoms with van der Waals surface area (Å²) in [4.78, 5) is 14.1. The zero-order valence-corrected chi connectivity index (χ0v) is 12.9. The molecule has 2 rings (SSSR count). The van der Waals surface area contributed by atoms with Crippen molar-refractivity contribution in [3.05, 3.63) is 0 Å². The highest BCUT2D eigenvalue weighted by Gasteiger charge is 2.52. The lowest BCUT2D eigenvalue weighted by Gasteiger charge is -2.37. The summed E-state index contributed by atoms with van der Waals surface area (Å²) >= 11 is 0. The topological polar surface area (TPSA) is 61.8 Å². The zero-order chi connectivity index (χ0) is 14.8. The number of aliphatic carboxylic acids is 1. The fourth-order valence-corrected chi connectivity index (χ4v) is 3.38. The molecule has 1 saturated carbocycles. The molecule has 2 N–H and O–H groups in total. The van der Waals surface area contributed by atoms with Gasteiger partial charge >= 0.3 is 5.97 Å². The van der Waals surface area contributed by atoms with E-state index in [9.17, 15) is 9.90 Å². The molecule has 2 aliphatic rings. The van der Waals surface area contributed by atoms with E-state index in [0.29, 0.717) is 12.6 Å². The number of hydrogen-bond donors (Lipinski definition) is 2. The van der Waals surface area contributed by atoms with Gasteiger partial charge in [-0.2, -0.15) is 0 Å². The minimum Gasteiger partial charge on any atom is -0.480 e. The van der Waals surface area contributed by atoms with Crippen molar-refractivity contribution < 1.29 is 14.6 Å². The molecule has 0 spiro atoms. The average molecular weight is 284 g/mol. The Bertz CT molecular complexity index is 346. The molecule has 1 aliphatic heterocycles. The number of nitrogens with zero attached hydrogens (tertiary/aromatic N) is 1. The van der Waals surface area contributed by atoms with Crippen molar-refractivity contribution in [1.29, 1.82) is 0 Å². The Morgan fingerprint density at radius 2 is 2.15 bits per heavy atom. The first kappa shape index (κ1) is 15.7. The molecule has 1 saturated heterocycles. The predicted octanol–water partition coefficient (Wildman–Crippen LogP) is 1.33. The summed E-state index contributed by atoms with van der Waals surface area (Å²) in [6.45, 7) is 6.25. The van der Waals surface area contributed by atoms with Gasteiger partial charge in [0.1, 0.15) is 5.54 Å². The van der Waals surface area contributed by atoms with Crippen molar-refractivity contribution >= 4 is 5.97 Å². The van der Waals surface area contributed by atoms with Crippen LogP contribution in [0.5, 0.6) is 0 Å². The third-order valence-electron chi connectivity index (χ3n) is 4.75. The van der Waals surface area contributed by atoms with Crippen LogP contribution in [-0.2, 0) is 9.53 Å². The first-order valence-electron chi connectivity index (χ1n) is 7.81. The Kier molecular flexibility index (Phi) is 5.04. The van der Waals surface area contributed by atoms with Crippen molar-refractivity contribution in [1.82, 2.24) is 10.2 Å². The van der Waals surface area contributed by atoms with E-state index in [1.165, 1.54) is 0 Å². The van der Waals surface area contributed by atoms with E-state index in [2.05, 4.69) is 24.1 Å². The molecule has 0 aromatic heterocycles. The van der Waals surface area contributed by atoms with Gasteiger partial charge in [-0.05, 0) is 52.1 Å². The van der Waals surface area contributed by atoms with Crippen LogP contribution in [0.3, 0.4) is 0 Å². The van der Waals surface area contributed by atoms with Crippen molar-refractivity contribution in [3.63, 3.8) is 0 Å². The van der Waals surface area contributed by atoms with E-state index in [4.69, 9.17) is 4.74 Å². The summed E-state index contributed by atoms with van der Waals surface area (Å²) in [7, 11) is 2.03. The molecule has 3 unspecified atom stereocenters. The molecule has 5 heteroatoms. The quantitative estimate of drug-likeness (QED) is 0.704. The molecule has 0 amide bonds. The summed E-state index contributed by atoms with van der Waals surface area (Å²) in [5.74, 6) is -0.432. The van der Waals surface area contributed by atoms with Gasteiger partial charge in [-0.1, -0.05) is 6.92 Å². The predicted molar refractivity (Wildman–Crippen MR) is 77.8 cm³/mol. The van der Waals surface area contributed by atoms with Crippen LogP contribution < -0.4 is 5.32 Å². The molecule has 20 heavy (non-hydrogen) atoms. The monoisotopic (exact) mass is 284 g/mol. The molecule has 5 nitrogen and oxygen atoms in total. The van der Waals surface area contributed by atoms with Crippen LogP contribution in [0.25, 0.3) is 0 Å². The lowest BCUT2D eigenvalue weighted by molar-refractivity contribution is -0.147. The van der Waals surface area contributed by atoms with Gasteiger partial charge in [0.05, 0.1) is 6.10 Å². The molecular formula is C15H28N2O3. The number of carbonyl (C=O) groups is 1. The van der Waals surface area contributed by atoms with Crippen molar-refractivity contribution in [2.75, 3.05) is 26.7 Å². The Balaban J connectivity index is 2.07. The van der Waals surface area contributed by atoms with Crippen molar-refractivity contribution in [3.8, 4) is 0 Å². The van der Waals surface area contributed by atoms with Crippen LogP contribution in [0, 0.1) is 5.92 Å². The van der Waals surface area contributed by atoms with Crippen LogP contribution in [0.1, 0.15) is 39.5 Å². The van der Waals surface area contributed by atoms with E-state index in [1.807, 2.05) is 7.05 Å². The van der Waals surface area contributed by atoms with Gasteiger partial charge in [0.2, 0.25) is 0 Å². The maximum atomic E-state index is 11.9. The summed E-state index contributed by atoms with van der Waals surface area (Å²) < 4.78 is 5.61. The molecule has 1 heterocycles.